The highest BCUT2D eigenvalue weighted by molar-refractivity contribution is 5.39. The SMILES string of the molecule is CC(C)c1cc(=O)n(CC2CCN(CCc3ccc4c(c3)CCO4)CC2)cn1. The first-order valence-electron chi connectivity index (χ1n) is 10.6. The molecule has 0 spiro atoms. The van der Waals surface area contributed by atoms with Crippen LogP contribution >= 0.6 is 0 Å². The zero-order valence-electron chi connectivity index (χ0n) is 17.1. The summed E-state index contributed by atoms with van der Waals surface area (Å²) in [5.74, 6) is 1.93. The maximum atomic E-state index is 12.3. The second-order valence-corrected chi connectivity index (χ2v) is 8.53. The molecule has 5 nitrogen and oxygen atoms in total. The Morgan fingerprint density at radius 3 is 2.79 bits per heavy atom. The molecule has 2 aliphatic heterocycles. The first-order valence-corrected chi connectivity index (χ1v) is 10.6. The van der Waals surface area contributed by atoms with E-state index in [0.717, 1.165) is 69.9 Å². The fraction of sp³-hybridized carbons (Fsp3) is 0.565. The van der Waals surface area contributed by atoms with Crippen LogP contribution in [0.15, 0.2) is 35.4 Å². The van der Waals surface area contributed by atoms with Crippen molar-refractivity contribution in [3.05, 3.63) is 57.8 Å². The van der Waals surface area contributed by atoms with Crippen LogP contribution in [0.1, 0.15) is 49.4 Å². The number of rotatable bonds is 6. The molecule has 1 aromatic heterocycles. The van der Waals surface area contributed by atoms with Crippen LogP contribution in [0.4, 0.5) is 0 Å². The minimum atomic E-state index is 0.0849. The summed E-state index contributed by atoms with van der Waals surface area (Å²) in [6, 6.07) is 8.34. The molecule has 28 heavy (non-hydrogen) atoms. The van der Waals surface area contributed by atoms with Crippen molar-refractivity contribution in [2.45, 2.75) is 52.0 Å². The summed E-state index contributed by atoms with van der Waals surface area (Å²) in [5, 5.41) is 0. The fourth-order valence-corrected chi connectivity index (χ4v) is 4.25. The van der Waals surface area contributed by atoms with Gasteiger partial charge in [0.1, 0.15) is 5.75 Å². The van der Waals surface area contributed by atoms with E-state index in [1.807, 2.05) is 0 Å². The van der Waals surface area contributed by atoms with Gasteiger partial charge in [0.25, 0.3) is 5.56 Å². The lowest BCUT2D eigenvalue weighted by Gasteiger charge is -2.32. The number of fused-ring (bicyclic) bond motifs is 1. The number of hydrogen-bond donors (Lipinski definition) is 0. The highest BCUT2D eigenvalue weighted by Crippen LogP contribution is 2.26. The lowest BCUT2D eigenvalue weighted by atomic mass is 9.96. The van der Waals surface area contributed by atoms with Crippen LogP contribution in [0.3, 0.4) is 0 Å². The molecule has 0 saturated carbocycles. The van der Waals surface area contributed by atoms with Crippen LogP contribution in [-0.2, 0) is 19.4 Å². The number of hydrogen-bond acceptors (Lipinski definition) is 4. The van der Waals surface area contributed by atoms with E-state index in [-0.39, 0.29) is 5.56 Å². The predicted octanol–water partition coefficient (Wildman–Crippen LogP) is 3.26. The number of benzene rings is 1. The Bertz CT molecular complexity index is 866. The second-order valence-electron chi connectivity index (χ2n) is 8.53. The van der Waals surface area contributed by atoms with Gasteiger partial charge < -0.3 is 9.64 Å². The summed E-state index contributed by atoms with van der Waals surface area (Å²) in [6.45, 7) is 9.09. The Hall–Kier alpha value is -2.14. The molecule has 0 aliphatic carbocycles. The molecule has 150 valence electrons. The zero-order valence-corrected chi connectivity index (χ0v) is 17.1. The van der Waals surface area contributed by atoms with Gasteiger partial charge in [-0.3, -0.25) is 9.36 Å². The molecule has 0 N–H and O–H groups in total. The summed E-state index contributed by atoms with van der Waals surface area (Å²) in [7, 11) is 0. The van der Waals surface area contributed by atoms with Gasteiger partial charge in [0.15, 0.2) is 0 Å². The van der Waals surface area contributed by atoms with Crippen LogP contribution in [0.2, 0.25) is 0 Å². The van der Waals surface area contributed by atoms with Crippen LogP contribution in [-0.4, -0.2) is 40.7 Å². The minimum Gasteiger partial charge on any atom is -0.493 e. The summed E-state index contributed by atoms with van der Waals surface area (Å²) in [6.07, 6.45) is 6.17. The lowest BCUT2D eigenvalue weighted by Crippen LogP contribution is -2.37. The van der Waals surface area contributed by atoms with Gasteiger partial charge in [-0.1, -0.05) is 26.0 Å². The maximum absolute atomic E-state index is 12.3. The van der Waals surface area contributed by atoms with Crippen molar-refractivity contribution < 1.29 is 4.74 Å². The van der Waals surface area contributed by atoms with Crippen LogP contribution in [0, 0.1) is 5.92 Å². The van der Waals surface area contributed by atoms with Gasteiger partial charge in [-0.2, -0.15) is 0 Å². The van der Waals surface area contributed by atoms with Crippen molar-refractivity contribution in [3.63, 3.8) is 0 Å². The molecule has 0 bridgehead atoms. The van der Waals surface area contributed by atoms with Gasteiger partial charge in [-0.25, -0.2) is 4.98 Å². The number of likely N-dealkylation sites (tertiary alicyclic amines) is 1. The van der Waals surface area contributed by atoms with Gasteiger partial charge in [0, 0.05) is 25.6 Å². The Labute approximate surface area is 167 Å². The fourth-order valence-electron chi connectivity index (χ4n) is 4.25. The van der Waals surface area contributed by atoms with Crippen LogP contribution < -0.4 is 10.3 Å². The first kappa shape index (κ1) is 19.2. The van der Waals surface area contributed by atoms with E-state index in [1.54, 1.807) is 17.0 Å². The van der Waals surface area contributed by atoms with E-state index in [2.05, 4.69) is 41.9 Å². The van der Waals surface area contributed by atoms with Crippen molar-refractivity contribution in [1.29, 1.82) is 0 Å². The molecule has 3 heterocycles. The van der Waals surface area contributed by atoms with Gasteiger partial charge in [-0.05, 0) is 61.4 Å². The van der Waals surface area contributed by atoms with Crippen LogP contribution in [0.5, 0.6) is 5.75 Å². The molecule has 1 aromatic carbocycles. The first-order chi connectivity index (χ1) is 13.6. The van der Waals surface area contributed by atoms with Crippen molar-refractivity contribution in [2.24, 2.45) is 5.92 Å². The summed E-state index contributed by atoms with van der Waals surface area (Å²) < 4.78 is 7.39. The standard InChI is InChI=1S/C23H31N3O2/c1-17(2)21-14-23(27)26(16-24-21)15-19-6-10-25(11-7-19)9-5-18-3-4-22-20(13-18)8-12-28-22/h3-4,13-14,16-17,19H,5-12,15H2,1-2H3. The third kappa shape index (κ3) is 4.46. The molecule has 0 atom stereocenters. The van der Waals surface area contributed by atoms with Crippen molar-refractivity contribution in [1.82, 2.24) is 14.5 Å². The third-order valence-corrected chi connectivity index (χ3v) is 6.12. The Kier molecular flexibility index (Phi) is 5.81. The number of nitrogens with zero attached hydrogens (tertiary/aromatic N) is 3. The second kappa shape index (κ2) is 8.48. The van der Waals surface area contributed by atoms with E-state index in [0.29, 0.717) is 11.8 Å². The average Bonchev–Trinajstić information content (AvgIpc) is 3.16. The topological polar surface area (TPSA) is 47.4 Å². The molecule has 4 rings (SSSR count). The van der Waals surface area contributed by atoms with E-state index >= 15 is 0 Å². The van der Waals surface area contributed by atoms with Gasteiger partial charge in [0.2, 0.25) is 0 Å². The molecule has 0 radical (unpaired) electrons. The Balaban J connectivity index is 1.25. The van der Waals surface area contributed by atoms with Gasteiger partial charge in [-0.15, -0.1) is 0 Å². The molecule has 1 saturated heterocycles. The smallest absolute Gasteiger partial charge is 0.253 e. The van der Waals surface area contributed by atoms with Crippen molar-refractivity contribution in [3.8, 4) is 5.75 Å². The average molecular weight is 382 g/mol. The number of aromatic nitrogens is 2. The highest BCUT2D eigenvalue weighted by atomic mass is 16.5. The third-order valence-electron chi connectivity index (χ3n) is 6.12. The lowest BCUT2D eigenvalue weighted by molar-refractivity contribution is 0.174. The summed E-state index contributed by atoms with van der Waals surface area (Å²) in [4.78, 5) is 19.3. The molecule has 5 heteroatoms. The van der Waals surface area contributed by atoms with Crippen molar-refractivity contribution >= 4 is 0 Å². The highest BCUT2D eigenvalue weighted by Gasteiger charge is 2.20. The summed E-state index contributed by atoms with van der Waals surface area (Å²) in [5.41, 5.74) is 3.74. The molecule has 0 unspecified atom stereocenters. The molecule has 0 amide bonds. The monoisotopic (exact) mass is 381 g/mol. The van der Waals surface area contributed by atoms with Gasteiger partial charge >= 0.3 is 0 Å². The quantitative estimate of drug-likeness (QED) is 0.771. The Morgan fingerprint density at radius 1 is 1.21 bits per heavy atom. The number of piperidine rings is 1. The van der Waals surface area contributed by atoms with E-state index in [1.165, 1.54) is 11.1 Å². The van der Waals surface area contributed by atoms with Crippen LogP contribution in [0.25, 0.3) is 0 Å². The molecule has 1 fully saturated rings. The van der Waals surface area contributed by atoms with E-state index in [9.17, 15) is 4.79 Å². The largest absolute Gasteiger partial charge is 0.493 e. The normalized spacial score (nSPS) is 17.7. The molecule has 2 aliphatic rings. The summed E-state index contributed by atoms with van der Waals surface area (Å²) >= 11 is 0. The van der Waals surface area contributed by atoms with E-state index in [4.69, 9.17) is 4.74 Å². The predicted molar refractivity (Wildman–Crippen MR) is 111 cm³/mol. The zero-order chi connectivity index (χ0) is 19.5. The van der Waals surface area contributed by atoms with Crippen molar-refractivity contribution in [2.75, 3.05) is 26.2 Å². The molecule has 2 aromatic rings. The minimum absolute atomic E-state index is 0.0849. The Morgan fingerprint density at radius 2 is 2.04 bits per heavy atom. The van der Waals surface area contributed by atoms with E-state index < -0.39 is 0 Å². The maximum Gasteiger partial charge on any atom is 0.253 e. The number of ether oxygens (including phenoxy) is 1. The van der Waals surface area contributed by atoms with Gasteiger partial charge in [0.05, 0.1) is 18.6 Å². The molecular weight excluding hydrogens is 350 g/mol. The molecular formula is C23H31N3O2.